The van der Waals surface area contributed by atoms with Crippen LogP contribution in [0.1, 0.15) is 5.56 Å². The zero-order valence-corrected chi connectivity index (χ0v) is 22.2. The number of rotatable bonds is 10. The summed E-state index contributed by atoms with van der Waals surface area (Å²) in [5.74, 6) is -0.571. The van der Waals surface area contributed by atoms with Gasteiger partial charge in [-0.15, -0.1) is 10.2 Å². The average molecular weight is 570 g/mol. The number of para-hydroxylation sites is 2. The third kappa shape index (κ3) is 6.49. The molecule has 0 atom stereocenters. The van der Waals surface area contributed by atoms with Crippen LogP contribution in [-0.2, 0) is 9.59 Å². The summed E-state index contributed by atoms with van der Waals surface area (Å²) >= 11 is 2.34. The number of hydrogen-bond donors (Lipinski definition) is 2. The second kappa shape index (κ2) is 12.7. The van der Waals surface area contributed by atoms with E-state index < -0.39 is 0 Å². The van der Waals surface area contributed by atoms with Gasteiger partial charge in [0, 0.05) is 5.69 Å². The van der Waals surface area contributed by atoms with Crippen molar-refractivity contribution in [3.63, 3.8) is 0 Å². The topological polar surface area (TPSA) is 169 Å². The molecule has 2 aromatic heterocycles. The van der Waals surface area contributed by atoms with Gasteiger partial charge in [-0.05, 0) is 63.3 Å². The fourth-order valence-electron chi connectivity index (χ4n) is 3.47. The van der Waals surface area contributed by atoms with E-state index in [0.717, 1.165) is 23.1 Å². The van der Waals surface area contributed by atoms with Crippen LogP contribution in [0.2, 0.25) is 0 Å². The Hall–Kier alpha value is -5.07. The standard InChI is InChI=1S/C25H19N11O2S2/c26-14-17-13-18(27-22(37)15-39-24-29-31-33-35(24)19-7-3-1-4-8-19)11-12-21(17)28-23(38)16-40-25-30-32-34-36(25)20-9-5-2-6-10-20/h1-13H,15-16H2,(H,27,37)(H,28,38). The number of nitrogens with zero attached hydrogens (tertiary/aromatic N) is 9. The van der Waals surface area contributed by atoms with Gasteiger partial charge in [-0.25, -0.2) is 0 Å². The highest BCUT2D eigenvalue weighted by Gasteiger charge is 2.15. The van der Waals surface area contributed by atoms with Gasteiger partial charge in [-0.1, -0.05) is 59.9 Å². The second-order valence-corrected chi connectivity index (χ2v) is 9.85. The van der Waals surface area contributed by atoms with Gasteiger partial charge in [0.1, 0.15) is 6.07 Å². The quantitative estimate of drug-likeness (QED) is 0.237. The fraction of sp³-hybridized carbons (Fsp3) is 0.0800. The first-order valence-corrected chi connectivity index (χ1v) is 13.6. The predicted octanol–water partition coefficient (Wildman–Crippen LogP) is 2.97. The maximum absolute atomic E-state index is 12.6. The Bertz CT molecular complexity index is 1670. The van der Waals surface area contributed by atoms with Crippen molar-refractivity contribution in [2.75, 3.05) is 22.1 Å². The van der Waals surface area contributed by atoms with Crippen molar-refractivity contribution in [2.45, 2.75) is 10.3 Å². The van der Waals surface area contributed by atoms with Crippen molar-refractivity contribution < 1.29 is 9.59 Å². The summed E-state index contributed by atoms with van der Waals surface area (Å²) < 4.78 is 3.08. The zero-order chi connectivity index (χ0) is 27.7. The number of carbonyl (C=O) groups is 2. The molecule has 5 aromatic rings. The molecule has 0 aliphatic heterocycles. The third-order valence-electron chi connectivity index (χ3n) is 5.25. The highest BCUT2D eigenvalue weighted by molar-refractivity contribution is 8.00. The minimum Gasteiger partial charge on any atom is -0.325 e. The molecule has 0 radical (unpaired) electrons. The van der Waals surface area contributed by atoms with Crippen molar-refractivity contribution in [1.82, 2.24) is 40.4 Å². The molecule has 0 aliphatic rings. The van der Waals surface area contributed by atoms with Crippen LogP contribution in [0, 0.1) is 11.3 Å². The summed E-state index contributed by atoms with van der Waals surface area (Å²) in [6, 6.07) is 25.4. The van der Waals surface area contributed by atoms with E-state index >= 15 is 0 Å². The number of anilines is 2. The first-order chi connectivity index (χ1) is 19.6. The lowest BCUT2D eigenvalue weighted by Gasteiger charge is -2.10. The Morgan fingerprint density at radius 2 is 1.27 bits per heavy atom. The molecule has 0 fully saturated rings. The molecular formula is C25H19N11O2S2. The highest BCUT2D eigenvalue weighted by atomic mass is 32.2. The van der Waals surface area contributed by atoms with Crippen LogP contribution in [0.3, 0.4) is 0 Å². The Morgan fingerprint density at radius 1 is 0.750 bits per heavy atom. The molecule has 2 heterocycles. The number of amides is 2. The second-order valence-electron chi connectivity index (χ2n) is 7.96. The van der Waals surface area contributed by atoms with Crippen molar-refractivity contribution in [1.29, 1.82) is 5.26 Å². The molecule has 0 bridgehead atoms. The SMILES string of the molecule is N#Cc1cc(NC(=O)CSc2nnnn2-c2ccccc2)ccc1NC(=O)CSc1nnnn1-c1ccccc1. The third-order valence-corrected chi connectivity index (χ3v) is 7.08. The van der Waals surface area contributed by atoms with Gasteiger partial charge >= 0.3 is 0 Å². The lowest BCUT2D eigenvalue weighted by Crippen LogP contribution is -2.17. The van der Waals surface area contributed by atoms with Crippen LogP contribution in [0.15, 0.2) is 89.2 Å². The van der Waals surface area contributed by atoms with Crippen LogP contribution in [-0.4, -0.2) is 63.7 Å². The van der Waals surface area contributed by atoms with Crippen LogP contribution in [0.5, 0.6) is 0 Å². The van der Waals surface area contributed by atoms with E-state index in [-0.39, 0.29) is 28.9 Å². The van der Waals surface area contributed by atoms with Gasteiger partial charge in [0.25, 0.3) is 0 Å². The molecule has 2 amide bonds. The van der Waals surface area contributed by atoms with Crippen LogP contribution in [0.4, 0.5) is 11.4 Å². The van der Waals surface area contributed by atoms with Crippen molar-refractivity contribution in [3.05, 3.63) is 84.4 Å². The predicted molar refractivity (Wildman–Crippen MR) is 148 cm³/mol. The number of tetrazole rings is 2. The van der Waals surface area contributed by atoms with E-state index in [1.54, 1.807) is 16.8 Å². The number of nitriles is 1. The summed E-state index contributed by atoms with van der Waals surface area (Å²) in [5.41, 5.74) is 2.49. The normalized spacial score (nSPS) is 10.6. The summed E-state index contributed by atoms with van der Waals surface area (Å²) in [4.78, 5) is 25.2. The Morgan fingerprint density at radius 3 is 1.80 bits per heavy atom. The van der Waals surface area contributed by atoms with Gasteiger partial charge in [0.2, 0.25) is 22.1 Å². The minimum atomic E-state index is -0.339. The molecule has 15 heteroatoms. The van der Waals surface area contributed by atoms with Crippen LogP contribution >= 0.6 is 23.5 Å². The molecule has 0 spiro atoms. The molecule has 0 unspecified atom stereocenters. The summed E-state index contributed by atoms with van der Waals surface area (Å²) in [6.07, 6.45) is 0. The summed E-state index contributed by atoms with van der Waals surface area (Å²) in [5, 5.41) is 39.3. The highest BCUT2D eigenvalue weighted by Crippen LogP contribution is 2.23. The maximum atomic E-state index is 12.6. The van der Waals surface area contributed by atoms with Gasteiger partial charge in [-0.3, -0.25) is 9.59 Å². The van der Waals surface area contributed by atoms with Crippen LogP contribution in [0.25, 0.3) is 11.4 Å². The van der Waals surface area contributed by atoms with Crippen molar-refractivity contribution in [2.24, 2.45) is 0 Å². The molecule has 3 aromatic carbocycles. The number of hydrogen-bond acceptors (Lipinski definition) is 11. The van der Waals surface area contributed by atoms with E-state index in [2.05, 4.69) is 47.8 Å². The number of aromatic nitrogens is 8. The fourth-order valence-corrected chi connectivity index (χ4v) is 4.85. The van der Waals surface area contributed by atoms with Crippen LogP contribution < -0.4 is 10.6 Å². The molecular weight excluding hydrogens is 550 g/mol. The monoisotopic (exact) mass is 569 g/mol. The number of nitrogens with one attached hydrogen (secondary N) is 2. The molecule has 0 saturated carbocycles. The lowest BCUT2D eigenvalue weighted by molar-refractivity contribution is -0.114. The first-order valence-electron chi connectivity index (χ1n) is 11.7. The molecule has 0 saturated heterocycles. The molecule has 198 valence electrons. The summed E-state index contributed by atoms with van der Waals surface area (Å²) in [7, 11) is 0. The molecule has 5 rings (SSSR count). The Balaban J connectivity index is 1.15. The molecule has 2 N–H and O–H groups in total. The van der Waals surface area contributed by atoms with Crippen molar-refractivity contribution in [3.8, 4) is 17.4 Å². The maximum Gasteiger partial charge on any atom is 0.234 e. The number of carbonyl (C=O) groups excluding carboxylic acids is 2. The van der Waals surface area contributed by atoms with Crippen molar-refractivity contribution >= 4 is 46.7 Å². The van der Waals surface area contributed by atoms with E-state index in [9.17, 15) is 14.9 Å². The van der Waals surface area contributed by atoms with Gasteiger partial charge in [0.15, 0.2) is 0 Å². The molecule has 13 nitrogen and oxygen atoms in total. The number of benzene rings is 3. The molecule has 40 heavy (non-hydrogen) atoms. The van der Waals surface area contributed by atoms with E-state index in [0.29, 0.717) is 21.7 Å². The average Bonchev–Trinajstić information content (AvgIpc) is 3.66. The van der Waals surface area contributed by atoms with E-state index in [4.69, 9.17) is 0 Å². The van der Waals surface area contributed by atoms with Gasteiger partial charge in [0.05, 0.1) is 34.1 Å². The zero-order valence-electron chi connectivity index (χ0n) is 20.6. The minimum absolute atomic E-state index is 0.0241. The lowest BCUT2D eigenvalue weighted by atomic mass is 10.1. The molecule has 0 aliphatic carbocycles. The van der Waals surface area contributed by atoms with E-state index in [1.165, 1.54) is 22.5 Å². The largest absolute Gasteiger partial charge is 0.325 e. The summed E-state index contributed by atoms with van der Waals surface area (Å²) in [6.45, 7) is 0. The Kier molecular flexibility index (Phi) is 8.39. The van der Waals surface area contributed by atoms with Gasteiger partial charge in [-0.2, -0.15) is 14.6 Å². The van der Waals surface area contributed by atoms with E-state index in [1.807, 2.05) is 60.7 Å². The smallest absolute Gasteiger partial charge is 0.234 e. The van der Waals surface area contributed by atoms with Gasteiger partial charge < -0.3 is 10.6 Å². The number of thioether (sulfide) groups is 2. The Labute approximate surface area is 236 Å². The first kappa shape index (κ1) is 26.5.